The number of hydrogen-bond donors (Lipinski definition) is 1. The van der Waals surface area contributed by atoms with Crippen LogP contribution in [0.15, 0.2) is 30.3 Å². The van der Waals surface area contributed by atoms with Gasteiger partial charge >= 0.3 is 6.03 Å². The molecule has 4 rings (SSSR count). The minimum absolute atomic E-state index is 0.410. The van der Waals surface area contributed by atoms with E-state index in [-0.39, 0.29) is 0 Å². The lowest BCUT2D eigenvalue weighted by molar-refractivity contribution is 0.208. The van der Waals surface area contributed by atoms with Crippen molar-refractivity contribution in [2.45, 2.75) is 13.8 Å². The van der Waals surface area contributed by atoms with E-state index in [2.05, 4.69) is 36.2 Å². The second-order valence-corrected chi connectivity index (χ2v) is 7.94. The fraction of sp³-hybridized carbons (Fsp3) is 0.300. The van der Waals surface area contributed by atoms with Crippen molar-refractivity contribution in [1.82, 2.24) is 9.88 Å². The van der Waals surface area contributed by atoms with Gasteiger partial charge in [-0.25, -0.2) is 18.6 Å². The average molecular weight is 402 g/mol. The van der Waals surface area contributed by atoms with Crippen molar-refractivity contribution in [2.24, 2.45) is 0 Å². The summed E-state index contributed by atoms with van der Waals surface area (Å²) in [5, 5.41) is 3.28. The van der Waals surface area contributed by atoms with Crippen LogP contribution in [0, 0.1) is 25.5 Å². The number of nitrogens with zero attached hydrogens (tertiary/aromatic N) is 3. The Labute approximate surface area is 165 Å². The Hall–Kier alpha value is -2.74. The lowest BCUT2D eigenvalue weighted by atomic mass is 10.1. The number of aromatic nitrogens is 1. The number of urea groups is 1. The fourth-order valence-corrected chi connectivity index (χ4v) is 4.59. The van der Waals surface area contributed by atoms with Crippen LogP contribution in [-0.4, -0.2) is 42.1 Å². The number of nitrogens with one attached hydrogen (secondary N) is 1. The Morgan fingerprint density at radius 3 is 2.46 bits per heavy atom. The molecule has 28 heavy (non-hydrogen) atoms. The molecule has 1 aliphatic heterocycles. The zero-order chi connectivity index (χ0) is 19.8. The van der Waals surface area contributed by atoms with E-state index in [0.29, 0.717) is 26.2 Å². The highest BCUT2D eigenvalue weighted by Gasteiger charge is 2.24. The van der Waals surface area contributed by atoms with Crippen LogP contribution in [0.1, 0.15) is 11.1 Å². The van der Waals surface area contributed by atoms with Crippen molar-refractivity contribution in [1.29, 1.82) is 0 Å². The second kappa shape index (κ2) is 7.35. The van der Waals surface area contributed by atoms with Crippen LogP contribution in [0.3, 0.4) is 0 Å². The zero-order valence-electron chi connectivity index (χ0n) is 15.6. The Morgan fingerprint density at radius 1 is 1.11 bits per heavy atom. The van der Waals surface area contributed by atoms with E-state index >= 15 is 0 Å². The quantitative estimate of drug-likeness (QED) is 0.684. The van der Waals surface area contributed by atoms with Crippen LogP contribution in [0.4, 0.5) is 24.4 Å². The molecule has 0 atom stereocenters. The van der Waals surface area contributed by atoms with E-state index in [1.165, 1.54) is 11.6 Å². The summed E-state index contributed by atoms with van der Waals surface area (Å²) in [5.74, 6) is -1.57. The molecule has 0 radical (unpaired) electrons. The molecule has 8 heteroatoms. The number of para-hydroxylation sites is 1. The van der Waals surface area contributed by atoms with Crippen LogP contribution in [0.25, 0.3) is 10.2 Å². The molecule has 1 aliphatic rings. The molecule has 0 spiro atoms. The molecule has 2 aromatic carbocycles. The minimum atomic E-state index is -0.785. The molecular weight excluding hydrogens is 382 g/mol. The first-order chi connectivity index (χ1) is 13.4. The van der Waals surface area contributed by atoms with Gasteiger partial charge in [0.25, 0.3) is 0 Å². The number of hydrogen-bond acceptors (Lipinski definition) is 4. The third-order valence-corrected chi connectivity index (χ3v) is 5.91. The predicted molar refractivity (Wildman–Crippen MR) is 108 cm³/mol. The smallest absolute Gasteiger partial charge is 0.322 e. The molecule has 146 valence electrons. The fourth-order valence-electron chi connectivity index (χ4n) is 3.40. The number of carbonyl (C=O) groups is 1. The van der Waals surface area contributed by atoms with Crippen LogP contribution in [0.2, 0.25) is 0 Å². The van der Waals surface area contributed by atoms with Crippen molar-refractivity contribution in [2.75, 3.05) is 36.4 Å². The Kier molecular flexibility index (Phi) is 4.89. The molecule has 1 N–H and O–H groups in total. The zero-order valence-corrected chi connectivity index (χ0v) is 16.4. The lowest BCUT2D eigenvalue weighted by Crippen LogP contribution is -2.50. The number of rotatable bonds is 2. The number of benzene rings is 2. The molecule has 1 fully saturated rings. The van der Waals surface area contributed by atoms with Crippen LogP contribution < -0.4 is 10.2 Å². The van der Waals surface area contributed by atoms with Crippen LogP contribution in [-0.2, 0) is 0 Å². The van der Waals surface area contributed by atoms with Gasteiger partial charge in [-0.05, 0) is 43.2 Å². The lowest BCUT2D eigenvalue weighted by Gasteiger charge is -2.34. The van der Waals surface area contributed by atoms with Crippen LogP contribution in [0.5, 0.6) is 0 Å². The minimum Gasteiger partial charge on any atom is -0.345 e. The van der Waals surface area contributed by atoms with E-state index in [1.807, 2.05) is 0 Å². The third kappa shape index (κ3) is 3.52. The standard InChI is InChI=1S/C20H20F2N4OS/c1-12-10-13(2)17-16(11-12)28-20(24-17)26-8-6-25(7-9-26)19(27)23-18-14(21)4-3-5-15(18)22/h3-5,10-11H,6-9H2,1-2H3,(H,23,27). The topological polar surface area (TPSA) is 48.5 Å². The molecule has 1 aromatic heterocycles. The van der Waals surface area contributed by atoms with Gasteiger partial charge in [0, 0.05) is 26.2 Å². The molecule has 0 bridgehead atoms. The number of halogens is 2. The van der Waals surface area contributed by atoms with Crippen molar-refractivity contribution in [3.05, 3.63) is 53.1 Å². The Bertz CT molecular complexity index is 1020. The molecule has 0 saturated carbocycles. The van der Waals surface area contributed by atoms with Gasteiger partial charge in [0.15, 0.2) is 5.13 Å². The maximum Gasteiger partial charge on any atom is 0.322 e. The second-order valence-electron chi connectivity index (χ2n) is 6.93. The summed E-state index contributed by atoms with van der Waals surface area (Å²) < 4.78 is 28.6. The Morgan fingerprint density at radius 2 is 1.79 bits per heavy atom. The number of thiazole rings is 1. The van der Waals surface area contributed by atoms with E-state index in [4.69, 9.17) is 4.98 Å². The SMILES string of the molecule is Cc1cc(C)c2nc(N3CCN(C(=O)Nc4c(F)cccc4F)CC3)sc2c1. The largest absolute Gasteiger partial charge is 0.345 e. The number of carbonyl (C=O) groups excluding carboxylic acids is 1. The van der Waals surface area contributed by atoms with Crippen LogP contribution >= 0.6 is 11.3 Å². The number of piperazine rings is 1. The average Bonchev–Trinajstić information content (AvgIpc) is 3.09. The van der Waals surface area contributed by atoms with Gasteiger partial charge < -0.3 is 15.1 Å². The summed E-state index contributed by atoms with van der Waals surface area (Å²) in [6, 6.07) is 7.26. The first-order valence-electron chi connectivity index (χ1n) is 9.05. The van der Waals surface area contributed by atoms with Gasteiger partial charge in [-0.3, -0.25) is 0 Å². The first kappa shape index (κ1) is 18.6. The van der Waals surface area contributed by atoms with Gasteiger partial charge in [-0.2, -0.15) is 0 Å². The summed E-state index contributed by atoms with van der Waals surface area (Å²) in [7, 11) is 0. The number of aryl methyl sites for hydroxylation is 2. The summed E-state index contributed by atoms with van der Waals surface area (Å²) >= 11 is 1.64. The number of fused-ring (bicyclic) bond motifs is 1. The molecule has 0 aliphatic carbocycles. The molecular formula is C20H20F2N4OS. The van der Waals surface area contributed by atoms with Gasteiger partial charge in [0.05, 0.1) is 10.2 Å². The van der Waals surface area contributed by atoms with Crippen molar-refractivity contribution in [3.8, 4) is 0 Å². The highest BCUT2D eigenvalue weighted by atomic mass is 32.1. The van der Waals surface area contributed by atoms with Gasteiger partial charge in [-0.15, -0.1) is 0 Å². The van der Waals surface area contributed by atoms with Crippen molar-refractivity contribution >= 4 is 38.4 Å². The molecule has 5 nitrogen and oxygen atoms in total. The van der Waals surface area contributed by atoms with Crippen molar-refractivity contribution in [3.63, 3.8) is 0 Å². The normalized spacial score (nSPS) is 14.6. The maximum atomic E-state index is 13.7. The summed E-state index contributed by atoms with van der Waals surface area (Å²) in [6.07, 6.45) is 0. The molecule has 0 unspecified atom stereocenters. The van der Waals surface area contributed by atoms with E-state index in [1.54, 1.807) is 16.2 Å². The van der Waals surface area contributed by atoms with E-state index < -0.39 is 23.4 Å². The summed E-state index contributed by atoms with van der Waals surface area (Å²) in [5.41, 5.74) is 2.97. The molecule has 3 aromatic rings. The monoisotopic (exact) mass is 402 g/mol. The summed E-state index contributed by atoms with van der Waals surface area (Å²) in [4.78, 5) is 20.9. The number of anilines is 2. The predicted octanol–water partition coefficient (Wildman–Crippen LogP) is 4.55. The maximum absolute atomic E-state index is 13.7. The van der Waals surface area contributed by atoms with Gasteiger partial charge in [-0.1, -0.05) is 23.5 Å². The van der Waals surface area contributed by atoms with E-state index in [9.17, 15) is 13.6 Å². The third-order valence-electron chi connectivity index (χ3n) is 4.85. The molecule has 2 heterocycles. The summed E-state index contributed by atoms with van der Waals surface area (Å²) in [6.45, 7) is 6.27. The molecule has 2 amide bonds. The van der Waals surface area contributed by atoms with Crippen molar-refractivity contribution < 1.29 is 13.6 Å². The molecule has 1 saturated heterocycles. The van der Waals surface area contributed by atoms with E-state index in [0.717, 1.165) is 33.0 Å². The Balaban J connectivity index is 1.43. The van der Waals surface area contributed by atoms with Gasteiger partial charge in [0.2, 0.25) is 0 Å². The highest BCUT2D eigenvalue weighted by Crippen LogP contribution is 2.32. The first-order valence-corrected chi connectivity index (χ1v) is 9.86. The highest BCUT2D eigenvalue weighted by molar-refractivity contribution is 7.22. The van der Waals surface area contributed by atoms with Gasteiger partial charge in [0.1, 0.15) is 17.3 Å². The number of amides is 2.